The van der Waals surface area contributed by atoms with Gasteiger partial charge in [-0.25, -0.2) is 14.8 Å². The second-order valence-corrected chi connectivity index (χ2v) is 5.62. The summed E-state index contributed by atoms with van der Waals surface area (Å²) in [5.41, 5.74) is 0.187. The van der Waals surface area contributed by atoms with Crippen LogP contribution in [0, 0.1) is 0 Å². The fourth-order valence-corrected chi connectivity index (χ4v) is 2.14. The SMILES string of the molecule is CC(OC(=O)c1ccnc(Cl)c1)C(=O)Nc1ncc(Cl)cc1Cl. The molecule has 1 amide bonds. The Morgan fingerprint density at radius 3 is 2.61 bits per heavy atom. The van der Waals surface area contributed by atoms with E-state index in [9.17, 15) is 9.59 Å². The van der Waals surface area contributed by atoms with E-state index in [2.05, 4.69) is 15.3 Å². The summed E-state index contributed by atoms with van der Waals surface area (Å²) in [5, 5.41) is 3.10. The number of rotatable bonds is 4. The Morgan fingerprint density at radius 2 is 1.96 bits per heavy atom. The van der Waals surface area contributed by atoms with Crippen molar-refractivity contribution in [1.82, 2.24) is 9.97 Å². The molecule has 120 valence electrons. The Bertz CT molecular complexity index is 755. The molecule has 23 heavy (non-hydrogen) atoms. The topological polar surface area (TPSA) is 81.2 Å². The molecule has 0 aromatic carbocycles. The second kappa shape index (κ2) is 7.59. The van der Waals surface area contributed by atoms with Crippen molar-refractivity contribution in [2.24, 2.45) is 0 Å². The fraction of sp³-hybridized carbons (Fsp3) is 0.143. The van der Waals surface area contributed by atoms with Gasteiger partial charge >= 0.3 is 5.97 Å². The first-order chi connectivity index (χ1) is 10.9. The molecular formula is C14H10Cl3N3O3. The molecule has 2 aromatic rings. The van der Waals surface area contributed by atoms with Crippen molar-refractivity contribution in [3.63, 3.8) is 0 Å². The van der Waals surface area contributed by atoms with E-state index in [4.69, 9.17) is 39.5 Å². The molecule has 2 rings (SSSR count). The summed E-state index contributed by atoms with van der Waals surface area (Å²) in [6.07, 6.45) is 1.63. The number of esters is 1. The van der Waals surface area contributed by atoms with Crippen LogP contribution in [0.4, 0.5) is 5.82 Å². The number of anilines is 1. The zero-order valence-corrected chi connectivity index (χ0v) is 14.0. The molecule has 0 bridgehead atoms. The highest BCUT2D eigenvalue weighted by Gasteiger charge is 2.20. The third-order valence-corrected chi connectivity index (χ3v) is 3.37. The number of pyridine rings is 2. The van der Waals surface area contributed by atoms with Gasteiger partial charge in [-0.15, -0.1) is 0 Å². The zero-order valence-electron chi connectivity index (χ0n) is 11.7. The second-order valence-electron chi connectivity index (χ2n) is 4.39. The number of ether oxygens (including phenoxy) is 1. The Hall–Kier alpha value is -1.89. The van der Waals surface area contributed by atoms with E-state index in [1.165, 1.54) is 37.5 Å². The van der Waals surface area contributed by atoms with E-state index in [0.29, 0.717) is 5.02 Å². The number of hydrogen-bond donors (Lipinski definition) is 1. The van der Waals surface area contributed by atoms with Gasteiger partial charge in [-0.2, -0.15) is 0 Å². The molecule has 1 unspecified atom stereocenters. The van der Waals surface area contributed by atoms with Crippen molar-refractivity contribution in [3.8, 4) is 0 Å². The lowest BCUT2D eigenvalue weighted by Gasteiger charge is -2.13. The summed E-state index contributed by atoms with van der Waals surface area (Å²) in [6, 6.07) is 4.20. The molecule has 0 saturated carbocycles. The van der Waals surface area contributed by atoms with Crippen molar-refractivity contribution in [2.45, 2.75) is 13.0 Å². The lowest BCUT2D eigenvalue weighted by Crippen LogP contribution is -2.30. The number of amides is 1. The van der Waals surface area contributed by atoms with Crippen LogP contribution in [0.2, 0.25) is 15.2 Å². The van der Waals surface area contributed by atoms with Crippen molar-refractivity contribution in [2.75, 3.05) is 5.32 Å². The monoisotopic (exact) mass is 373 g/mol. The van der Waals surface area contributed by atoms with E-state index in [1.807, 2.05) is 0 Å². The maximum Gasteiger partial charge on any atom is 0.339 e. The molecule has 0 radical (unpaired) electrons. The van der Waals surface area contributed by atoms with Gasteiger partial charge in [0.25, 0.3) is 5.91 Å². The quantitative estimate of drug-likeness (QED) is 0.653. The maximum atomic E-state index is 12.0. The van der Waals surface area contributed by atoms with Crippen LogP contribution < -0.4 is 5.32 Å². The number of hydrogen-bond acceptors (Lipinski definition) is 5. The van der Waals surface area contributed by atoms with Crippen molar-refractivity contribution in [1.29, 1.82) is 0 Å². The van der Waals surface area contributed by atoms with E-state index < -0.39 is 18.0 Å². The minimum atomic E-state index is -1.07. The van der Waals surface area contributed by atoms with Crippen molar-refractivity contribution in [3.05, 3.63) is 51.4 Å². The van der Waals surface area contributed by atoms with Crippen LogP contribution in [0.5, 0.6) is 0 Å². The maximum absolute atomic E-state index is 12.0. The standard InChI is InChI=1S/C14H10Cl3N3O3/c1-7(23-14(22)8-2-3-18-11(17)4-8)13(21)20-12-10(16)5-9(15)6-19-12/h2-7H,1H3,(H,19,20,21). The molecule has 9 heteroatoms. The highest BCUT2D eigenvalue weighted by molar-refractivity contribution is 6.36. The van der Waals surface area contributed by atoms with Crippen LogP contribution in [0.1, 0.15) is 17.3 Å². The predicted octanol–water partition coefficient (Wildman–Crippen LogP) is 3.62. The summed E-state index contributed by atoms with van der Waals surface area (Å²) >= 11 is 17.3. The number of carbonyl (C=O) groups excluding carboxylic acids is 2. The predicted molar refractivity (Wildman–Crippen MR) is 87.0 cm³/mol. The number of aromatic nitrogens is 2. The van der Waals surface area contributed by atoms with Gasteiger partial charge in [0, 0.05) is 12.4 Å². The molecule has 2 heterocycles. The van der Waals surface area contributed by atoms with Crippen LogP contribution in [0.3, 0.4) is 0 Å². The van der Waals surface area contributed by atoms with E-state index in [0.717, 1.165) is 0 Å². The van der Waals surface area contributed by atoms with Gasteiger partial charge in [-0.3, -0.25) is 4.79 Å². The summed E-state index contributed by atoms with van der Waals surface area (Å²) < 4.78 is 5.05. The lowest BCUT2D eigenvalue weighted by atomic mass is 10.2. The first-order valence-corrected chi connectivity index (χ1v) is 7.44. The van der Waals surface area contributed by atoms with Crippen LogP contribution in [-0.2, 0) is 9.53 Å². The molecule has 1 N–H and O–H groups in total. The highest BCUT2D eigenvalue weighted by atomic mass is 35.5. The van der Waals surface area contributed by atoms with Gasteiger partial charge < -0.3 is 10.1 Å². The average molecular weight is 375 g/mol. The van der Waals surface area contributed by atoms with Gasteiger partial charge in [-0.05, 0) is 25.1 Å². The van der Waals surface area contributed by atoms with Crippen molar-refractivity contribution < 1.29 is 14.3 Å². The highest BCUT2D eigenvalue weighted by Crippen LogP contribution is 2.22. The Labute approximate surface area is 146 Å². The lowest BCUT2D eigenvalue weighted by molar-refractivity contribution is -0.123. The first-order valence-electron chi connectivity index (χ1n) is 6.31. The Balaban J connectivity index is 2.01. The van der Waals surface area contributed by atoms with Crippen LogP contribution in [0.15, 0.2) is 30.6 Å². The number of nitrogens with one attached hydrogen (secondary N) is 1. The summed E-state index contributed by atoms with van der Waals surface area (Å²) in [4.78, 5) is 31.6. The first kappa shape index (κ1) is 17.5. The summed E-state index contributed by atoms with van der Waals surface area (Å²) in [5.74, 6) is -1.17. The molecule has 2 aromatic heterocycles. The van der Waals surface area contributed by atoms with Gasteiger partial charge in [0.2, 0.25) is 0 Å². The average Bonchev–Trinajstić information content (AvgIpc) is 2.49. The number of nitrogens with zero attached hydrogens (tertiary/aromatic N) is 2. The van der Waals surface area contributed by atoms with Crippen LogP contribution in [-0.4, -0.2) is 27.9 Å². The van der Waals surface area contributed by atoms with E-state index in [1.54, 1.807) is 0 Å². The molecule has 0 aliphatic rings. The number of halogens is 3. The molecule has 0 aliphatic heterocycles. The van der Waals surface area contributed by atoms with Gasteiger partial charge in [-0.1, -0.05) is 34.8 Å². The Morgan fingerprint density at radius 1 is 1.22 bits per heavy atom. The molecule has 1 atom stereocenters. The minimum absolute atomic E-state index is 0.121. The normalized spacial score (nSPS) is 11.7. The minimum Gasteiger partial charge on any atom is -0.449 e. The molecule has 0 saturated heterocycles. The molecule has 0 spiro atoms. The molecule has 6 nitrogen and oxygen atoms in total. The van der Waals surface area contributed by atoms with E-state index in [-0.39, 0.29) is 21.6 Å². The zero-order chi connectivity index (χ0) is 17.0. The third kappa shape index (κ3) is 4.79. The smallest absolute Gasteiger partial charge is 0.339 e. The van der Waals surface area contributed by atoms with Crippen LogP contribution in [0.25, 0.3) is 0 Å². The van der Waals surface area contributed by atoms with Crippen molar-refractivity contribution >= 4 is 52.5 Å². The van der Waals surface area contributed by atoms with Gasteiger partial charge in [0.1, 0.15) is 5.15 Å². The van der Waals surface area contributed by atoms with E-state index >= 15 is 0 Å². The van der Waals surface area contributed by atoms with Crippen LogP contribution >= 0.6 is 34.8 Å². The molecular weight excluding hydrogens is 365 g/mol. The largest absolute Gasteiger partial charge is 0.449 e. The third-order valence-electron chi connectivity index (χ3n) is 2.66. The fourth-order valence-electron chi connectivity index (χ4n) is 1.54. The molecule has 0 aliphatic carbocycles. The Kier molecular flexibility index (Phi) is 5.76. The number of carbonyl (C=O) groups is 2. The van der Waals surface area contributed by atoms with Gasteiger partial charge in [0.05, 0.1) is 15.6 Å². The summed E-state index contributed by atoms with van der Waals surface area (Å²) in [6.45, 7) is 1.42. The summed E-state index contributed by atoms with van der Waals surface area (Å²) in [7, 11) is 0. The van der Waals surface area contributed by atoms with Gasteiger partial charge in [0.15, 0.2) is 11.9 Å². The molecule has 0 fully saturated rings.